The first-order valence-electron chi connectivity index (χ1n) is 5.02. The second kappa shape index (κ2) is 5.07. The van der Waals surface area contributed by atoms with E-state index in [4.69, 9.17) is 4.84 Å². The van der Waals surface area contributed by atoms with Crippen LogP contribution in [0.5, 0.6) is 0 Å². The zero-order valence-electron chi connectivity index (χ0n) is 8.84. The molecule has 1 aromatic heterocycles. The number of fused-ring (bicyclic) bond motifs is 1. The van der Waals surface area contributed by atoms with Crippen molar-refractivity contribution in [3.63, 3.8) is 0 Å². The molecule has 2 rings (SSSR count). The predicted octanol–water partition coefficient (Wildman–Crippen LogP) is 2.77. The molecule has 0 radical (unpaired) electrons. The number of para-hydroxylation sites is 1. The van der Waals surface area contributed by atoms with Gasteiger partial charge in [-0.2, -0.15) is 0 Å². The minimum Gasteiger partial charge on any atom is -0.392 e. The van der Waals surface area contributed by atoms with E-state index in [1.54, 1.807) is 18.5 Å². The van der Waals surface area contributed by atoms with E-state index in [-0.39, 0.29) is 0 Å². The summed E-state index contributed by atoms with van der Waals surface area (Å²) in [5, 5.41) is 4.92. The standard InChI is InChI=1S/C13H12N2O/c1-2-9-16-15-10-11-7-8-14-13-6-4-3-5-12(11)13/h2-8,10H,1,9H2/b15-10+. The Hall–Kier alpha value is -2.16. The first-order valence-corrected chi connectivity index (χ1v) is 5.02. The van der Waals surface area contributed by atoms with E-state index in [0.29, 0.717) is 6.61 Å². The Kier molecular flexibility index (Phi) is 3.28. The lowest BCUT2D eigenvalue weighted by atomic mass is 10.1. The van der Waals surface area contributed by atoms with Crippen LogP contribution in [0.1, 0.15) is 5.56 Å². The van der Waals surface area contributed by atoms with Gasteiger partial charge in [0.1, 0.15) is 6.61 Å². The highest BCUT2D eigenvalue weighted by Gasteiger charge is 1.97. The summed E-state index contributed by atoms with van der Waals surface area (Å²) in [6.07, 6.45) is 5.10. The Morgan fingerprint density at radius 1 is 1.31 bits per heavy atom. The van der Waals surface area contributed by atoms with E-state index in [0.717, 1.165) is 16.5 Å². The zero-order chi connectivity index (χ0) is 11.2. The van der Waals surface area contributed by atoms with Crippen LogP contribution in [-0.2, 0) is 4.84 Å². The lowest BCUT2D eigenvalue weighted by Gasteiger charge is -1.99. The molecule has 1 heterocycles. The van der Waals surface area contributed by atoms with Crippen LogP contribution in [0.25, 0.3) is 10.9 Å². The van der Waals surface area contributed by atoms with E-state index >= 15 is 0 Å². The van der Waals surface area contributed by atoms with Gasteiger partial charge in [-0.1, -0.05) is 36.0 Å². The Morgan fingerprint density at radius 3 is 3.06 bits per heavy atom. The van der Waals surface area contributed by atoms with Gasteiger partial charge in [-0.3, -0.25) is 4.98 Å². The van der Waals surface area contributed by atoms with Crippen LogP contribution < -0.4 is 0 Å². The molecule has 0 N–H and O–H groups in total. The van der Waals surface area contributed by atoms with Crippen molar-refractivity contribution < 1.29 is 4.84 Å². The summed E-state index contributed by atoms with van der Waals surface area (Å²) < 4.78 is 0. The SMILES string of the molecule is C=CCO/N=C/c1ccnc2ccccc12. The van der Waals surface area contributed by atoms with Crippen molar-refractivity contribution >= 4 is 17.1 Å². The van der Waals surface area contributed by atoms with Gasteiger partial charge < -0.3 is 4.84 Å². The lowest BCUT2D eigenvalue weighted by molar-refractivity contribution is 0.176. The van der Waals surface area contributed by atoms with Gasteiger partial charge in [0.2, 0.25) is 0 Å². The number of benzene rings is 1. The summed E-state index contributed by atoms with van der Waals surface area (Å²) in [5.41, 5.74) is 1.95. The van der Waals surface area contributed by atoms with Crippen molar-refractivity contribution in [2.24, 2.45) is 5.16 Å². The van der Waals surface area contributed by atoms with E-state index in [1.807, 2.05) is 30.3 Å². The Labute approximate surface area is 94.1 Å². The summed E-state index contributed by atoms with van der Waals surface area (Å²) in [6.45, 7) is 3.96. The van der Waals surface area contributed by atoms with Crippen LogP contribution in [0.4, 0.5) is 0 Å². The summed E-state index contributed by atoms with van der Waals surface area (Å²) in [7, 11) is 0. The monoisotopic (exact) mass is 212 g/mol. The normalized spacial score (nSPS) is 10.8. The van der Waals surface area contributed by atoms with Gasteiger partial charge in [-0.15, -0.1) is 0 Å². The zero-order valence-corrected chi connectivity index (χ0v) is 8.84. The number of hydrogen-bond donors (Lipinski definition) is 0. The van der Waals surface area contributed by atoms with Gasteiger partial charge in [-0.05, 0) is 12.1 Å². The molecule has 16 heavy (non-hydrogen) atoms. The van der Waals surface area contributed by atoms with Gasteiger partial charge >= 0.3 is 0 Å². The second-order valence-electron chi connectivity index (χ2n) is 3.24. The smallest absolute Gasteiger partial charge is 0.135 e. The third kappa shape index (κ3) is 2.25. The third-order valence-corrected chi connectivity index (χ3v) is 2.14. The molecule has 0 unspecified atom stereocenters. The first-order chi connectivity index (χ1) is 7.92. The molecule has 3 heteroatoms. The fourth-order valence-corrected chi connectivity index (χ4v) is 1.42. The molecule has 0 bridgehead atoms. The topological polar surface area (TPSA) is 34.5 Å². The molecule has 3 nitrogen and oxygen atoms in total. The average Bonchev–Trinajstić information content (AvgIpc) is 2.35. The highest BCUT2D eigenvalue weighted by molar-refractivity contribution is 5.97. The molecule has 0 aliphatic carbocycles. The fraction of sp³-hybridized carbons (Fsp3) is 0.0769. The Balaban J connectivity index is 2.30. The van der Waals surface area contributed by atoms with Gasteiger partial charge in [-0.25, -0.2) is 0 Å². The Morgan fingerprint density at radius 2 is 2.19 bits per heavy atom. The van der Waals surface area contributed by atoms with Crippen molar-refractivity contribution in [3.05, 3.63) is 54.7 Å². The highest BCUT2D eigenvalue weighted by Crippen LogP contribution is 2.14. The van der Waals surface area contributed by atoms with Crippen LogP contribution in [0.2, 0.25) is 0 Å². The number of pyridine rings is 1. The van der Waals surface area contributed by atoms with Crippen LogP contribution in [0.15, 0.2) is 54.3 Å². The predicted molar refractivity (Wildman–Crippen MR) is 65.5 cm³/mol. The number of hydrogen-bond acceptors (Lipinski definition) is 3. The van der Waals surface area contributed by atoms with E-state index in [2.05, 4.69) is 16.7 Å². The minimum atomic E-state index is 0.416. The molecular weight excluding hydrogens is 200 g/mol. The fourth-order valence-electron chi connectivity index (χ4n) is 1.42. The molecule has 0 fully saturated rings. The highest BCUT2D eigenvalue weighted by atomic mass is 16.6. The number of nitrogens with zero attached hydrogens (tertiary/aromatic N) is 2. The molecule has 2 aromatic rings. The second-order valence-corrected chi connectivity index (χ2v) is 3.24. The largest absolute Gasteiger partial charge is 0.392 e. The van der Waals surface area contributed by atoms with Gasteiger partial charge in [0.05, 0.1) is 11.7 Å². The molecule has 0 aliphatic heterocycles. The quantitative estimate of drug-likeness (QED) is 0.338. The molecule has 0 aliphatic rings. The molecule has 80 valence electrons. The van der Waals surface area contributed by atoms with Gasteiger partial charge in [0.25, 0.3) is 0 Å². The minimum absolute atomic E-state index is 0.416. The van der Waals surface area contributed by atoms with Crippen molar-refractivity contribution in [1.29, 1.82) is 0 Å². The first kappa shape index (κ1) is 10.4. The third-order valence-electron chi connectivity index (χ3n) is 2.14. The molecule has 0 spiro atoms. The summed E-state index contributed by atoms with van der Waals surface area (Å²) in [6, 6.07) is 9.83. The van der Waals surface area contributed by atoms with Gasteiger partial charge in [0, 0.05) is 17.1 Å². The Bertz CT molecular complexity index is 515. The van der Waals surface area contributed by atoms with E-state index in [1.165, 1.54) is 0 Å². The lowest BCUT2D eigenvalue weighted by Crippen LogP contribution is -1.88. The summed E-state index contributed by atoms with van der Waals surface area (Å²) >= 11 is 0. The average molecular weight is 212 g/mol. The molecule has 0 amide bonds. The van der Waals surface area contributed by atoms with Gasteiger partial charge in [0.15, 0.2) is 0 Å². The van der Waals surface area contributed by atoms with Crippen molar-refractivity contribution in [2.75, 3.05) is 6.61 Å². The van der Waals surface area contributed by atoms with Crippen LogP contribution in [-0.4, -0.2) is 17.8 Å². The molecule has 1 aromatic carbocycles. The molecule has 0 saturated carbocycles. The maximum absolute atomic E-state index is 4.97. The van der Waals surface area contributed by atoms with Crippen molar-refractivity contribution in [1.82, 2.24) is 4.98 Å². The molecular formula is C13H12N2O. The summed E-state index contributed by atoms with van der Waals surface area (Å²) in [5.74, 6) is 0. The van der Waals surface area contributed by atoms with E-state index in [9.17, 15) is 0 Å². The number of rotatable bonds is 4. The maximum Gasteiger partial charge on any atom is 0.135 e. The molecule has 0 saturated heterocycles. The molecule has 0 atom stereocenters. The van der Waals surface area contributed by atoms with Crippen molar-refractivity contribution in [3.8, 4) is 0 Å². The van der Waals surface area contributed by atoms with E-state index < -0.39 is 0 Å². The van der Waals surface area contributed by atoms with Crippen LogP contribution in [0.3, 0.4) is 0 Å². The maximum atomic E-state index is 4.97. The number of oxime groups is 1. The van der Waals surface area contributed by atoms with Crippen LogP contribution >= 0.6 is 0 Å². The van der Waals surface area contributed by atoms with Crippen molar-refractivity contribution in [2.45, 2.75) is 0 Å². The van der Waals surface area contributed by atoms with Crippen LogP contribution in [0, 0.1) is 0 Å². The number of aromatic nitrogens is 1. The summed E-state index contributed by atoms with van der Waals surface area (Å²) in [4.78, 5) is 9.23.